The van der Waals surface area contributed by atoms with Crippen LogP contribution in [-0.4, -0.2) is 35.2 Å². The second-order valence-electron chi connectivity index (χ2n) is 4.13. The summed E-state index contributed by atoms with van der Waals surface area (Å²) in [5, 5.41) is 8.93. The maximum atomic E-state index is 8.93. The van der Waals surface area contributed by atoms with Gasteiger partial charge in [-0.15, -0.1) is 0 Å². The SMILES string of the molecule is OCCN1C2CCCC1CCC2. The quantitative estimate of drug-likeness (QED) is 0.675. The van der Waals surface area contributed by atoms with Gasteiger partial charge >= 0.3 is 0 Å². The minimum Gasteiger partial charge on any atom is -0.395 e. The Bertz CT molecular complexity index is 127. The highest BCUT2D eigenvalue weighted by molar-refractivity contribution is 4.88. The summed E-state index contributed by atoms with van der Waals surface area (Å²) in [6, 6.07) is 1.62. The van der Waals surface area contributed by atoms with Gasteiger partial charge in [0, 0.05) is 18.6 Å². The van der Waals surface area contributed by atoms with Crippen LogP contribution in [0.5, 0.6) is 0 Å². The van der Waals surface area contributed by atoms with Crippen molar-refractivity contribution in [3.63, 3.8) is 0 Å². The summed E-state index contributed by atoms with van der Waals surface area (Å²) in [6.45, 7) is 1.25. The molecule has 2 bridgehead atoms. The lowest BCUT2D eigenvalue weighted by Crippen LogP contribution is -2.50. The van der Waals surface area contributed by atoms with Crippen molar-refractivity contribution in [2.75, 3.05) is 13.2 Å². The number of fused-ring (bicyclic) bond motifs is 2. The Morgan fingerprint density at radius 1 is 1.00 bits per heavy atom. The molecule has 0 spiro atoms. The highest BCUT2D eigenvalue weighted by Gasteiger charge is 2.32. The van der Waals surface area contributed by atoms with E-state index in [2.05, 4.69) is 4.90 Å². The number of aliphatic hydroxyl groups is 1. The van der Waals surface area contributed by atoms with E-state index in [1.807, 2.05) is 0 Å². The molecule has 0 aliphatic carbocycles. The zero-order valence-corrected chi connectivity index (χ0v) is 7.71. The lowest BCUT2D eigenvalue weighted by atomic mass is 9.84. The van der Waals surface area contributed by atoms with Crippen LogP contribution in [0.1, 0.15) is 38.5 Å². The van der Waals surface area contributed by atoms with Crippen LogP contribution in [0.2, 0.25) is 0 Å². The van der Waals surface area contributed by atoms with Crippen LogP contribution in [0.25, 0.3) is 0 Å². The average molecular weight is 169 g/mol. The Balaban J connectivity index is 1.98. The molecule has 2 saturated heterocycles. The minimum atomic E-state index is 0.340. The van der Waals surface area contributed by atoms with E-state index in [1.165, 1.54) is 38.5 Å². The molecule has 2 aliphatic heterocycles. The maximum absolute atomic E-state index is 8.93. The first-order valence-corrected chi connectivity index (χ1v) is 5.28. The average Bonchev–Trinajstić information content (AvgIpc) is 2.04. The first kappa shape index (κ1) is 8.52. The van der Waals surface area contributed by atoms with Crippen LogP contribution < -0.4 is 0 Å². The van der Waals surface area contributed by atoms with E-state index in [0.29, 0.717) is 6.61 Å². The minimum absolute atomic E-state index is 0.340. The van der Waals surface area contributed by atoms with Crippen molar-refractivity contribution in [3.8, 4) is 0 Å². The number of piperidine rings is 2. The summed E-state index contributed by atoms with van der Waals surface area (Å²) in [5.41, 5.74) is 0. The maximum Gasteiger partial charge on any atom is 0.0558 e. The molecule has 12 heavy (non-hydrogen) atoms. The normalized spacial score (nSPS) is 36.8. The van der Waals surface area contributed by atoms with Crippen molar-refractivity contribution < 1.29 is 5.11 Å². The Morgan fingerprint density at radius 2 is 1.50 bits per heavy atom. The lowest BCUT2D eigenvalue weighted by Gasteiger charge is -2.46. The van der Waals surface area contributed by atoms with Gasteiger partial charge in [-0.05, 0) is 25.7 Å². The van der Waals surface area contributed by atoms with Crippen LogP contribution >= 0.6 is 0 Å². The molecular weight excluding hydrogens is 150 g/mol. The highest BCUT2D eigenvalue weighted by Crippen LogP contribution is 2.33. The molecule has 0 unspecified atom stereocenters. The van der Waals surface area contributed by atoms with E-state index in [4.69, 9.17) is 5.11 Å². The van der Waals surface area contributed by atoms with Gasteiger partial charge < -0.3 is 5.11 Å². The molecule has 2 heterocycles. The van der Waals surface area contributed by atoms with E-state index in [0.717, 1.165) is 18.6 Å². The standard InChI is InChI=1S/C10H19NO/c12-8-7-11-9-3-1-4-10(11)6-2-5-9/h9-10,12H,1-8H2. The fourth-order valence-corrected chi connectivity index (χ4v) is 2.91. The summed E-state index contributed by atoms with van der Waals surface area (Å²) in [4.78, 5) is 2.55. The predicted molar refractivity (Wildman–Crippen MR) is 49.1 cm³/mol. The van der Waals surface area contributed by atoms with E-state index >= 15 is 0 Å². The van der Waals surface area contributed by atoms with Crippen LogP contribution in [0.4, 0.5) is 0 Å². The first-order chi connectivity index (χ1) is 5.92. The molecule has 0 saturated carbocycles. The molecule has 1 N–H and O–H groups in total. The van der Waals surface area contributed by atoms with Crippen LogP contribution in [0, 0.1) is 0 Å². The van der Waals surface area contributed by atoms with Gasteiger partial charge in [0.15, 0.2) is 0 Å². The third-order valence-corrected chi connectivity index (χ3v) is 3.45. The number of hydrogen-bond donors (Lipinski definition) is 1. The third kappa shape index (κ3) is 1.50. The van der Waals surface area contributed by atoms with Crippen molar-refractivity contribution in [3.05, 3.63) is 0 Å². The second-order valence-corrected chi connectivity index (χ2v) is 4.13. The van der Waals surface area contributed by atoms with Gasteiger partial charge in [-0.2, -0.15) is 0 Å². The molecule has 0 radical (unpaired) electrons. The van der Waals surface area contributed by atoms with E-state index in [9.17, 15) is 0 Å². The fraction of sp³-hybridized carbons (Fsp3) is 1.00. The summed E-state index contributed by atoms with van der Waals surface area (Å²) in [7, 11) is 0. The smallest absolute Gasteiger partial charge is 0.0558 e. The van der Waals surface area contributed by atoms with Crippen LogP contribution in [-0.2, 0) is 0 Å². The molecule has 0 aromatic carbocycles. The lowest BCUT2D eigenvalue weighted by molar-refractivity contribution is 0.0266. The van der Waals surface area contributed by atoms with Gasteiger partial charge in [-0.1, -0.05) is 12.8 Å². The summed E-state index contributed by atoms with van der Waals surface area (Å²) >= 11 is 0. The van der Waals surface area contributed by atoms with E-state index in [-0.39, 0.29) is 0 Å². The zero-order valence-electron chi connectivity index (χ0n) is 7.71. The van der Waals surface area contributed by atoms with Crippen molar-refractivity contribution in [1.29, 1.82) is 0 Å². The Hall–Kier alpha value is -0.0800. The Kier molecular flexibility index (Phi) is 2.66. The Labute approximate surface area is 74.6 Å². The molecule has 2 nitrogen and oxygen atoms in total. The number of rotatable bonds is 2. The van der Waals surface area contributed by atoms with Gasteiger partial charge in [0.1, 0.15) is 0 Å². The number of hydrogen-bond acceptors (Lipinski definition) is 2. The molecule has 0 atom stereocenters. The number of aliphatic hydroxyl groups excluding tert-OH is 1. The molecule has 2 rings (SSSR count). The monoisotopic (exact) mass is 169 g/mol. The predicted octanol–water partition coefficient (Wildman–Crippen LogP) is 1.39. The fourth-order valence-electron chi connectivity index (χ4n) is 2.91. The highest BCUT2D eigenvalue weighted by atomic mass is 16.3. The van der Waals surface area contributed by atoms with Crippen molar-refractivity contribution >= 4 is 0 Å². The molecule has 0 amide bonds. The molecule has 2 fully saturated rings. The molecular formula is C10H19NO. The van der Waals surface area contributed by atoms with Crippen molar-refractivity contribution in [2.45, 2.75) is 50.6 Å². The van der Waals surface area contributed by atoms with Crippen molar-refractivity contribution in [2.24, 2.45) is 0 Å². The topological polar surface area (TPSA) is 23.5 Å². The van der Waals surface area contributed by atoms with Gasteiger partial charge in [0.25, 0.3) is 0 Å². The number of nitrogens with zero attached hydrogens (tertiary/aromatic N) is 1. The molecule has 0 aromatic rings. The first-order valence-electron chi connectivity index (χ1n) is 5.28. The summed E-state index contributed by atoms with van der Waals surface area (Å²) in [6.07, 6.45) is 8.31. The zero-order chi connectivity index (χ0) is 8.39. The third-order valence-electron chi connectivity index (χ3n) is 3.45. The van der Waals surface area contributed by atoms with Gasteiger partial charge in [0.2, 0.25) is 0 Å². The van der Waals surface area contributed by atoms with E-state index < -0.39 is 0 Å². The summed E-state index contributed by atoms with van der Waals surface area (Å²) < 4.78 is 0. The van der Waals surface area contributed by atoms with Crippen molar-refractivity contribution in [1.82, 2.24) is 4.90 Å². The van der Waals surface area contributed by atoms with Gasteiger partial charge in [-0.25, -0.2) is 0 Å². The Morgan fingerprint density at radius 3 is 1.92 bits per heavy atom. The summed E-state index contributed by atoms with van der Waals surface area (Å²) in [5.74, 6) is 0. The van der Waals surface area contributed by atoms with Gasteiger partial charge in [-0.3, -0.25) is 4.90 Å². The largest absolute Gasteiger partial charge is 0.395 e. The van der Waals surface area contributed by atoms with Gasteiger partial charge in [0.05, 0.1) is 6.61 Å². The molecule has 2 heteroatoms. The van der Waals surface area contributed by atoms with Crippen LogP contribution in [0.3, 0.4) is 0 Å². The second kappa shape index (κ2) is 3.75. The molecule has 2 aliphatic rings. The molecule has 70 valence electrons. The van der Waals surface area contributed by atoms with E-state index in [1.54, 1.807) is 0 Å². The molecule has 0 aromatic heterocycles. The van der Waals surface area contributed by atoms with Crippen LogP contribution in [0.15, 0.2) is 0 Å².